The standard InChI is InChI=1S/C21H26BrClN4O7/c1-9(2)19(29)32-7-12-11(34-20(30)10(3)4)6-13(33-12)27-16(23)15(22)14-17(27)25-21(24-8-28)26-18(14)31-5/h8-13H,6-7H2,1-5H3,(H,24,25,26,28)/t11-,12+,13+/m0/s1. The van der Waals surface area contributed by atoms with Crippen molar-refractivity contribution >= 4 is 62.9 Å². The van der Waals surface area contributed by atoms with Gasteiger partial charge in [0, 0.05) is 6.42 Å². The average molecular weight is 562 g/mol. The van der Waals surface area contributed by atoms with Gasteiger partial charge in [-0.3, -0.25) is 24.3 Å². The van der Waals surface area contributed by atoms with Crippen molar-refractivity contribution in [3.8, 4) is 5.88 Å². The number of carbonyl (C=O) groups excluding carboxylic acids is 3. The van der Waals surface area contributed by atoms with Crippen LogP contribution in [0.15, 0.2) is 4.47 Å². The van der Waals surface area contributed by atoms with Crippen molar-refractivity contribution in [2.45, 2.75) is 52.6 Å². The van der Waals surface area contributed by atoms with Crippen molar-refractivity contribution in [1.29, 1.82) is 0 Å². The minimum atomic E-state index is -0.724. The van der Waals surface area contributed by atoms with Crippen LogP contribution in [0.3, 0.4) is 0 Å². The Morgan fingerprint density at radius 1 is 1.26 bits per heavy atom. The van der Waals surface area contributed by atoms with Crippen molar-refractivity contribution in [2.75, 3.05) is 19.0 Å². The van der Waals surface area contributed by atoms with Crippen LogP contribution in [0.4, 0.5) is 5.95 Å². The summed E-state index contributed by atoms with van der Waals surface area (Å²) in [6.07, 6.45) is -1.47. The van der Waals surface area contributed by atoms with E-state index in [4.69, 9.17) is 30.5 Å². The molecule has 1 saturated heterocycles. The Hall–Kier alpha value is -2.44. The predicted molar refractivity (Wildman–Crippen MR) is 126 cm³/mol. The highest BCUT2D eigenvalue weighted by Crippen LogP contribution is 2.44. The number of nitrogens with zero attached hydrogens (tertiary/aromatic N) is 3. The number of hydrogen-bond donors (Lipinski definition) is 1. The second-order valence-electron chi connectivity index (χ2n) is 8.27. The topological polar surface area (TPSA) is 131 Å². The van der Waals surface area contributed by atoms with Crippen molar-refractivity contribution in [3.63, 3.8) is 0 Å². The maximum absolute atomic E-state index is 12.3. The van der Waals surface area contributed by atoms with Crippen molar-refractivity contribution in [2.24, 2.45) is 11.8 Å². The molecule has 13 heteroatoms. The van der Waals surface area contributed by atoms with Crippen LogP contribution < -0.4 is 10.1 Å². The summed E-state index contributed by atoms with van der Waals surface area (Å²) in [5, 5.41) is 3.11. The molecule has 0 aliphatic carbocycles. The Balaban J connectivity index is 2.00. The number of halogens is 2. The Morgan fingerprint density at radius 3 is 2.53 bits per heavy atom. The molecule has 2 aromatic rings. The number of anilines is 1. The Morgan fingerprint density at radius 2 is 1.94 bits per heavy atom. The van der Waals surface area contributed by atoms with Gasteiger partial charge >= 0.3 is 11.9 Å². The van der Waals surface area contributed by atoms with E-state index in [1.807, 2.05) is 0 Å². The third-order valence-corrected chi connectivity index (χ3v) is 6.52. The molecule has 0 radical (unpaired) electrons. The molecule has 0 aromatic carbocycles. The normalized spacial score (nSPS) is 20.1. The molecular formula is C21H26BrClN4O7. The van der Waals surface area contributed by atoms with Gasteiger partial charge in [0.2, 0.25) is 18.2 Å². The number of methoxy groups -OCH3 is 1. The third kappa shape index (κ3) is 5.28. The minimum absolute atomic E-state index is 0.00506. The molecule has 1 fully saturated rings. The van der Waals surface area contributed by atoms with E-state index in [1.165, 1.54) is 7.11 Å². The molecule has 0 saturated carbocycles. The Kier molecular flexibility index (Phi) is 8.37. The second-order valence-corrected chi connectivity index (χ2v) is 9.42. The van der Waals surface area contributed by atoms with E-state index in [0.717, 1.165) is 0 Å². The zero-order chi connectivity index (χ0) is 25.2. The lowest BCUT2D eigenvalue weighted by atomic mass is 10.1. The fourth-order valence-electron chi connectivity index (χ4n) is 3.37. The van der Waals surface area contributed by atoms with Gasteiger partial charge in [-0.2, -0.15) is 9.97 Å². The Bertz CT molecular complexity index is 1090. The van der Waals surface area contributed by atoms with Crippen LogP contribution in [0.5, 0.6) is 5.88 Å². The summed E-state index contributed by atoms with van der Waals surface area (Å²) in [5.74, 6) is -1.27. The number of nitrogens with one attached hydrogen (secondary N) is 1. The van der Waals surface area contributed by atoms with Gasteiger partial charge in [0.1, 0.15) is 30.2 Å². The molecule has 1 N–H and O–H groups in total. The molecule has 34 heavy (non-hydrogen) atoms. The number of esters is 2. The maximum Gasteiger partial charge on any atom is 0.308 e. The molecule has 1 amide bonds. The molecule has 2 aromatic heterocycles. The van der Waals surface area contributed by atoms with Gasteiger partial charge in [0.25, 0.3) is 0 Å². The molecule has 0 bridgehead atoms. The van der Waals surface area contributed by atoms with Crippen molar-refractivity contribution in [1.82, 2.24) is 14.5 Å². The molecule has 3 heterocycles. The smallest absolute Gasteiger partial charge is 0.308 e. The van der Waals surface area contributed by atoms with Gasteiger partial charge in [-0.05, 0) is 15.9 Å². The van der Waals surface area contributed by atoms with E-state index < -0.39 is 30.4 Å². The highest BCUT2D eigenvalue weighted by atomic mass is 79.9. The first-order valence-electron chi connectivity index (χ1n) is 10.6. The van der Waals surface area contributed by atoms with Gasteiger partial charge in [-0.25, -0.2) is 0 Å². The highest BCUT2D eigenvalue weighted by molar-refractivity contribution is 9.10. The zero-order valence-corrected chi connectivity index (χ0v) is 21.7. The number of rotatable bonds is 9. The molecule has 0 spiro atoms. The van der Waals surface area contributed by atoms with E-state index in [1.54, 1.807) is 32.3 Å². The van der Waals surface area contributed by atoms with Crippen LogP contribution in [-0.4, -0.2) is 58.8 Å². The molecule has 11 nitrogen and oxygen atoms in total. The van der Waals surface area contributed by atoms with Gasteiger partial charge in [-0.1, -0.05) is 39.3 Å². The van der Waals surface area contributed by atoms with Crippen LogP contribution in [0.2, 0.25) is 5.15 Å². The van der Waals surface area contributed by atoms with Gasteiger partial charge in [0.05, 0.1) is 28.8 Å². The molecule has 3 rings (SSSR count). The number of hydrogen-bond acceptors (Lipinski definition) is 9. The van der Waals surface area contributed by atoms with Gasteiger partial charge in [0.15, 0.2) is 5.65 Å². The molecule has 1 aliphatic rings. The van der Waals surface area contributed by atoms with Crippen LogP contribution in [0, 0.1) is 11.8 Å². The number of ether oxygens (including phenoxy) is 4. The van der Waals surface area contributed by atoms with Crippen molar-refractivity contribution < 1.29 is 33.3 Å². The lowest BCUT2D eigenvalue weighted by molar-refractivity contribution is -0.162. The van der Waals surface area contributed by atoms with Gasteiger partial charge < -0.3 is 18.9 Å². The van der Waals surface area contributed by atoms with Gasteiger partial charge in [-0.15, -0.1) is 0 Å². The SMILES string of the molecule is COc1nc(NC=O)nc2c1c(Br)c(Cl)n2[C@H]1C[C@H](OC(=O)C(C)C)[C@@H](COC(=O)C(C)C)O1. The van der Waals surface area contributed by atoms with E-state index in [-0.39, 0.29) is 41.8 Å². The predicted octanol–water partition coefficient (Wildman–Crippen LogP) is 3.48. The molecule has 186 valence electrons. The summed E-state index contributed by atoms with van der Waals surface area (Å²) in [7, 11) is 1.43. The summed E-state index contributed by atoms with van der Waals surface area (Å²) in [6.45, 7) is 6.79. The third-order valence-electron chi connectivity index (χ3n) is 5.15. The van der Waals surface area contributed by atoms with Crippen LogP contribution in [-0.2, 0) is 28.6 Å². The van der Waals surface area contributed by atoms with E-state index >= 15 is 0 Å². The largest absolute Gasteiger partial charge is 0.480 e. The first-order valence-corrected chi connectivity index (χ1v) is 11.8. The van der Waals surface area contributed by atoms with E-state index in [0.29, 0.717) is 21.9 Å². The summed E-state index contributed by atoms with van der Waals surface area (Å²) < 4.78 is 24.6. The number of fused-ring (bicyclic) bond motifs is 1. The van der Waals surface area contributed by atoms with Crippen LogP contribution >= 0.6 is 27.5 Å². The summed E-state index contributed by atoms with van der Waals surface area (Å²) in [6, 6.07) is 0. The quantitative estimate of drug-likeness (QED) is 0.361. The summed E-state index contributed by atoms with van der Waals surface area (Å²) >= 11 is 10.1. The molecular weight excluding hydrogens is 536 g/mol. The van der Waals surface area contributed by atoms with Crippen LogP contribution in [0.1, 0.15) is 40.3 Å². The van der Waals surface area contributed by atoms with Crippen molar-refractivity contribution in [3.05, 3.63) is 9.63 Å². The monoisotopic (exact) mass is 560 g/mol. The van der Waals surface area contributed by atoms with Crippen LogP contribution in [0.25, 0.3) is 11.0 Å². The maximum atomic E-state index is 12.3. The molecule has 0 unspecified atom stereocenters. The zero-order valence-electron chi connectivity index (χ0n) is 19.3. The second kappa shape index (κ2) is 10.9. The lowest BCUT2D eigenvalue weighted by Gasteiger charge is -2.20. The summed E-state index contributed by atoms with van der Waals surface area (Å²) in [4.78, 5) is 43.8. The fraction of sp³-hybridized carbons (Fsp3) is 0.571. The number of amides is 1. The summed E-state index contributed by atoms with van der Waals surface area (Å²) in [5.41, 5.74) is 0.326. The number of carbonyl (C=O) groups is 3. The van der Waals surface area contributed by atoms with E-state index in [2.05, 4.69) is 31.2 Å². The molecule has 1 aliphatic heterocycles. The average Bonchev–Trinajstić information content (AvgIpc) is 3.29. The fourth-order valence-corrected chi connectivity index (χ4v) is 4.19. The first kappa shape index (κ1) is 26.2. The lowest BCUT2D eigenvalue weighted by Crippen LogP contribution is -2.33. The Labute approximate surface area is 209 Å². The number of aromatic nitrogens is 3. The highest BCUT2D eigenvalue weighted by Gasteiger charge is 2.42. The van der Waals surface area contributed by atoms with E-state index in [9.17, 15) is 14.4 Å². The molecule has 3 atom stereocenters. The first-order chi connectivity index (χ1) is 16.1. The minimum Gasteiger partial charge on any atom is -0.480 e.